The first-order valence-corrected chi connectivity index (χ1v) is 9.80. The van der Waals surface area contributed by atoms with Gasteiger partial charge in [-0.05, 0) is 56.4 Å². The van der Waals surface area contributed by atoms with Crippen LogP contribution in [0.4, 0.5) is 0 Å². The number of pyridine rings is 1. The molecule has 4 rings (SSSR count). The molecule has 6 nitrogen and oxygen atoms in total. The van der Waals surface area contributed by atoms with E-state index in [0.29, 0.717) is 22.2 Å². The van der Waals surface area contributed by atoms with Crippen molar-refractivity contribution in [1.29, 1.82) is 0 Å². The van der Waals surface area contributed by atoms with Crippen molar-refractivity contribution in [2.24, 2.45) is 0 Å². The number of carbonyl (C=O) groups is 1. The number of aromatic carboxylic acids is 1. The van der Waals surface area contributed by atoms with Crippen LogP contribution in [0, 0.1) is 0 Å². The van der Waals surface area contributed by atoms with Crippen molar-refractivity contribution >= 4 is 23.3 Å². The number of aromatic nitrogens is 1. The molecule has 0 saturated carbocycles. The van der Waals surface area contributed by atoms with Gasteiger partial charge < -0.3 is 19.7 Å². The SMILES string of the molecule is CC(C)N1C(=S)N[C@@H](c2ccccn2)[C@@H]1c1ccc(-c2ccccc2C(=O)O)o1. The van der Waals surface area contributed by atoms with Crippen molar-refractivity contribution in [3.63, 3.8) is 0 Å². The van der Waals surface area contributed by atoms with Gasteiger partial charge in [0.05, 0.1) is 17.3 Å². The van der Waals surface area contributed by atoms with Gasteiger partial charge >= 0.3 is 5.97 Å². The Kier molecular flexibility index (Phi) is 5.07. The van der Waals surface area contributed by atoms with Crippen LogP contribution in [0.25, 0.3) is 11.3 Å². The molecule has 2 aromatic heterocycles. The van der Waals surface area contributed by atoms with E-state index in [1.54, 1.807) is 30.5 Å². The fraction of sp³-hybridized carbons (Fsp3) is 0.227. The zero-order valence-corrected chi connectivity index (χ0v) is 16.9. The fourth-order valence-electron chi connectivity index (χ4n) is 3.77. The second-order valence-electron chi connectivity index (χ2n) is 7.18. The molecule has 1 aromatic carbocycles. The van der Waals surface area contributed by atoms with Crippen LogP contribution in [-0.4, -0.2) is 32.1 Å². The van der Waals surface area contributed by atoms with Gasteiger partial charge in [-0.25, -0.2) is 4.79 Å². The smallest absolute Gasteiger partial charge is 0.336 e. The van der Waals surface area contributed by atoms with Crippen LogP contribution in [0.15, 0.2) is 65.2 Å². The zero-order valence-electron chi connectivity index (χ0n) is 16.1. The van der Waals surface area contributed by atoms with E-state index in [2.05, 4.69) is 29.0 Å². The summed E-state index contributed by atoms with van der Waals surface area (Å²) in [5.74, 6) is 0.230. The summed E-state index contributed by atoms with van der Waals surface area (Å²) >= 11 is 5.59. The van der Waals surface area contributed by atoms with Gasteiger partial charge in [-0.2, -0.15) is 0 Å². The molecular formula is C22H21N3O3S. The third kappa shape index (κ3) is 3.49. The largest absolute Gasteiger partial charge is 0.478 e. The molecule has 0 bridgehead atoms. The van der Waals surface area contributed by atoms with Gasteiger partial charge in [0.25, 0.3) is 0 Å². The number of furan rings is 1. The van der Waals surface area contributed by atoms with Crippen molar-refractivity contribution in [3.05, 3.63) is 77.8 Å². The van der Waals surface area contributed by atoms with E-state index in [0.717, 1.165) is 5.69 Å². The molecule has 0 aliphatic carbocycles. The zero-order chi connectivity index (χ0) is 20.5. The van der Waals surface area contributed by atoms with Crippen molar-refractivity contribution in [2.75, 3.05) is 0 Å². The first kappa shape index (κ1) is 19.1. The third-order valence-corrected chi connectivity index (χ3v) is 5.36. The van der Waals surface area contributed by atoms with Gasteiger partial charge in [0.2, 0.25) is 0 Å². The average molecular weight is 407 g/mol. The summed E-state index contributed by atoms with van der Waals surface area (Å²) in [4.78, 5) is 18.2. The molecule has 3 aromatic rings. The molecular weight excluding hydrogens is 386 g/mol. The summed E-state index contributed by atoms with van der Waals surface area (Å²) in [5, 5.41) is 13.5. The Morgan fingerprint density at radius 3 is 2.62 bits per heavy atom. The minimum absolute atomic E-state index is 0.147. The molecule has 1 saturated heterocycles. The van der Waals surface area contributed by atoms with Gasteiger partial charge in [-0.3, -0.25) is 4.98 Å². The molecule has 0 radical (unpaired) electrons. The number of nitrogens with one attached hydrogen (secondary N) is 1. The molecule has 148 valence electrons. The van der Waals surface area contributed by atoms with Gasteiger partial charge in [-0.15, -0.1) is 0 Å². The summed E-state index contributed by atoms with van der Waals surface area (Å²) in [7, 11) is 0. The highest BCUT2D eigenvalue weighted by molar-refractivity contribution is 7.80. The van der Waals surface area contributed by atoms with Crippen LogP contribution in [-0.2, 0) is 0 Å². The average Bonchev–Trinajstić information content (AvgIpc) is 3.33. The van der Waals surface area contributed by atoms with Crippen molar-refractivity contribution in [2.45, 2.75) is 32.0 Å². The Labute approximate surface area is 174 Å². The minimum Gasteiger partial charge on any atom is -0.478 e. The Balaban J connectivity index is 1.78. The lowest BCUT2D eigenvalue weighted by atomic mass is 10.0. The number of rotatable bonds is 5. The summed E-state index contributed by atoms with van der Waals surface area (Å²) in [6, 6.07) is 16.1. The predicted molar refractivity (Wildman–Crippen MR) is 114 cm³/mol. The molecule has 1 aliphatic heterocycles. The molecule has 1 fully saturated rings. The van der Waals surface area contributed by atoms with E-state index in [9.17, 15) is 9.90 Å². The van der Waals surface area contributed by atoms with E-state index < -0.39 is 5.97 Å². The van der Waals surface area contributed by atoms with E-state index in [4.69, 9.17) is 16.6 Å². The maximum absolute atomic E-state index is 11.6. The number of thiocarbonyl (C=S) groups is 1. The molecule has 0 spiro atoms. The van der Waals surface area contributed by atoms with Crippen molar-refractivity contribution in [3.8, 4) is 11.3 Å². The van der Waals surface area contributed by atoms with Crippen LogP contribution in [0.2, 0.25) is 0 Å². The van der Waals surface area contributed by atoms with E-state index >= 15 is 0 Å². The highest BCUT2D eigenvalue weighted by atomic mass is 32.1. The summed E-state index contributed by atoms with van der Waals surface area (Å²) in [6.07, 6.45) is 1.76. The van der Waals surface area contributed by atoms with Gasteiger partial charge in [0.1, 0.15) is 17.6 Å². The highest BCUT2D eigenvalue weighted by Crippen LogP contribution is 2.41. The Morgan fingerprint density at radius 1 is 1.17 bits per heavy atom. The lowest BCUT2D eigenvalue weighted by molar-refractivity contribution is 0.0697. The van der Waals surface area contributed by atoms with Crippen molar-refractivity contribution < 1.29 is 14.3 Å². The second-order valence-corrected chi connectivity index (χ2v) is 7.57. The topological polar surface area (TPSA) is 78.6 Å². The maximum Gasteiger partial charge on any atom is 0.336 e. The highest BCUT2D eigenvalue weighted by Gasteiger charge is 2.42. The molecule has 1 aliphatic rings. The normalized spacial score (nSPS) is 18.9. The van der Waals surface area contributed by atoms with Crippen LogP contribution in [0.5, 0.6) is 0 Å². The number of hydrogen-bond donors (Lipinski definition) is 2. The number of benzene rings is 1. The van der Waals surface area contributed by atoms with Crippen LogP contribution >= 0.6 is 12.2 Å². The molecule has 3 heterocycles. The van der Waals surface area contributed by atoms with Crippen LogP contribution < -0.4 is 5.32 Å². The number of carboxylic acids is 1. The summed E-state index contributed by atoms with van der Waals surface area (Å²) < 4.78 is 6.19. The lowest BCUT2D eigenvalue weighted by Crippen LogP contribution is -2.35. The maximum atomic E-state index is 11.6. The molecule has 29 heavy (non-hydrogen) atoms. The monoisotopic (exact) mass is 407 g/mol. The van der Waals surface area contributed by atoms with E-state index in [1.807, 2.05) is 30.3 Å². The predicted octanol–water partition coefficient (Wildman–Crippen LogP) is 4.42. The summed E-state index contributed by atoms with van der Waals surface area (Å²) in [5.41, 5.74) is 1.62. The third-order valence-electron chi connectivity index (χ3n) is 5.03. The summed E-state index contributed by atoms with van der Waals surface area (Å²) in [6.45, 7) is 4.15. The van der Waals surface area contributed by atoms with Crippen molar-refractivity contribution in [1.82, 2.24) is 15.2 Å². The Morgan fingerprint density at radius 2 is 1.93 bits per heavy atom. The van der Waals surface area contributed by atoms with Gasteiger partial charge in [-0.1, -0.05) is 24.3 Å². The molecule has 7 heteroatoms. The Hall–Kier alpha value is -3.19. The fourth-order valence-corrected chi connectivity index (χ4v) is 4.22. The minimum atomic E-state index is -0.988. The quantitative estimate of drug-likeness (QED) is 0.606. The standard InChI is InChI=1S/C22H21N3O3S/c1-13(2)25-20(19(24-22(25)29)16-9-5-6-12-23-16)18-11-10-17(28-18)14-7-3-4-8-15(14)21(26)27/h3-13,19-20H,1-2H3,(H,24,29)(H,26,27)/t19-,20-/m0/s1. The van der Waals surface area contributed by atoms with E-state index in [1.165, 1.54) is 0 Å². The number of nitrogens with zero attached hydrogens (tertiary/aromatic N) is 2. The Bertz CT molecular complexity index is 1050. The first-order chi connectivity index (χ1) is 14.0. The molecule has 0 amide bonds. The van der Waals surface area contributed by atoms with Crippen LogP contribution in [0.3, 0.4) is 0 Å². The first-order valence-electron chi connectivity index (χ1n) is 9.39. The van der Waals surface area contributed by atoms with Gasteiger partial charge in [0.15, 0.2) is 5.11 Å². The second kappa shape index (κ2) is 7.67. The van der Waals surface area contributed by atoms with Gasteiger partial charge in [0, 0.05) is 17.8 Å². The number of hydrogen-bond acceptors (Lipinski definition) is 4. The molecule has 2 atom stereocenters. The van der Waals surface area contributed by atoms with E-state index in [-0.39, 0.29) is 23.7 Å². The number of carboxylic acid groups (broad SMARTS) is 1. The molecule has 2 N–H and O–H groups in total. The van der Waals surface area contributed by atoms with Crippen LogP contribution in [0.1, 0.15) is 47.7 Å². The molecule has 0 unspecified atom stereocenters. The lowest BCUT2D eigenvalue weighted by Gasteiger charge is -2.29.